The molecule has 2 aliphatic rings. The van der Waals surface area contributed by atoms with Crippen LogP contribution >= 0.6 is 0 Å². The molecule has 1 aliphatic carbocycles. The third kappa shape index (κ3) is 2.50. The Labute approximate surface area is 112 Å². The highest BCUT2D eigenvalue weighted by Gasteiger charge is 2.36. The summed E-state index contributed by atoms with van der Waals surface area (Å²) < 4.78 is 18.7. The van der Waals surface area contributed by atoms with E-state index >= 15 is 0 Å². The van der Waals surface area contributed by atoms with Crippen LogP contribution < -0.4 is 0 Å². The van der Waals surface area contributed by atoms with Gasteiger partial charge in [0.1, 0.15) is 5.82 Å². The number of hydrogen-bond donors (Lipinski definition) is 0. The predicted molar refractivity (Wildman–Crippen MR) is 69.4 cm³/mol. The minimum atomic E-state index is -0.311. The Morgan fingerprint density at radius 3 is 2.74 bits per heavy atom. The van der Waals surface area contributed by atoms with E-state index in [2.05, 4.69) is 0 Å². The number of fused-ring (bicyclic) bond motifs is 1. The minimum absolute atomic E-state index is 0.000185. The molecule has 1 aromatic carbocycles. The highest BCUT2D eigenvalue weighted by Crippen LogP contribution is 2.29. The van der Waals surface area contributed by atoms with Crippen LogP contribution in [-0.4, -0.2) is 36.1 Å². The molecule has 1 aromatic rings. The van der Waals surface area contributed by atoms with Gasteiger partial charge in [-0.2, -0.15) is 0 Å². The largest absolute Gasteiger partial charge is 0.374 e. The molecule has 1 amide bonds. The molecule has 1 saturated heterocycles. The van der Waals surface area contributed by atoms with E-state index in [4.69, 9.17) is 4.74 Å². The summed E-state index contributed by atoms with van der Waals surface area (Å²) in [4.78, 5) is 14.4. The molecule has 0 N–H and O–H groups in total. The van der Waals surface area contributed by atoms with Crippen LogP contribution in [0.1, 0.15) is 36.0 Å². The van der Waals surface area contributed by atoms with Crippen LogP contribution in [0.4, 0.5) is 4.39 Å². The van der Waals surface area contributed by atoms with Crippen molar-refractivity contribution in [1.29, 1.82) is 0 Å². The summed E-state index contributed by atoms with van der Waals surface area (Å²) in [6.07, 6.45) is 4.57. The number of amides is 1. The Hall–Kier alpha value is -1.42. The summed E-state index contributed by atoms with van der Waals surface area (Å²) in [5.74, 6) is -0.311. The Bertz CT molecular complexity index is 458. The van der Waals surface area contributed by atoms with Crippen molar-refractivity contribution in [3.05, 3.63) is 35.6 Å². The molecule has 2 fully saturated rings. The minimum Gasteiger partial charge on any atom is -0.374 e. The number of carbonyl (C=O) groups is 1. The first-order valence-corrected chi connectivity index (χ1v) is 6.94. The Morgan fingerprint density at radius 1 is 1.21 bits per heavy atom. The Balaban J connectivity index is 1.79. The Kier molecular flexibility index (Phi) is 3.51. The molecule has 1 heterocycles. The fraction of sp³-hybridized carbons (Fsp3) is 0.533. The standard InChI is InChI=1S/C15H18FNO2/c16-12-7-5-11(6-8-12)15(18)17-9-10-19-14-4-2-1-3-13(14)17/h5-8,13-14H,1-4,9-10H2/t13-,14-/m1/s1. The molecule has 1 aliphatic heterocycles. The molecule has 3 nitrogen and oxygen atoms in total. The highest BCUT2D eigenvalue weighted by atomic mass is 19.1. The molecule has 4 heteroatoms. The van der Waals surface area contributed by atoms with Gasteiger partial charge in [-0.15, -0.1) is 0 Å². The maximum absolute atomic E-state index is 12.9. The first-order chi connectivity index (χ1) is 9.25. The van der Waals surface area contributed by atoms with Crippen molar-refractivity contribution in [2.45, 2.75) is 37.8 Å². The van der Waals surface area contributed by atoms with E-state index in [0.717, 1.165) is 19.3 Å². The van der Waals surface area contributed by atoms with Crippen molar-refractivity contribution in [2.75, 3.05) is 13.2 Å². The van der Waals surface area contributed by atoms with Gasteiger partial charge in [-0.1, -0.05) is 12.8 Å². The topological polar surface area (TPSA) is 29.5 Å². The molecular formula is C15H18FNO2. The van der Waals surface area contributed by atoms with Gasteiger partial charge in [0.15, 0.2) is 0 Å². The van der Waals surface area contributed by atoms with Crippen LogP contribution in [0, 0.1) is 5.82 Å². The monoisotopic (exact) mass is 263 g/mol. The van der Waals surface area contributed by atoms with Gasteiger partial charge in [0.05, 0.1) is 18.8 Å². The molecular weight excluding hydrogens is 245 g/mol. The summed E-state index contributed by atoms with van der Waals surface area (Å²) in [5.41, 5.74) is 0.563. The second-order valence-corrected chi connectivity index (χ2v) is 5.27. The van der Waals surface area contributed by atoms with Gasteiger partial charge in [0.25, 0.3) is 5.91 Å². The van der Waals surface area contributed by atoms with E-state index in [9.17, 15) is 9.18 Å². The summed E-state index contributed by atoms with van der Waals surface area (Å²) in [5, 5.41) is 0. The average molecular weight is 263 g/mol. The number of benzene rings is 1. The molecule has 0 spiro atoms. The van der Waals surface area contributed by atoms with E-state index in [1.165, 1.54) is 18.6 Å². The summed E-state index contributed by atoms with van der Waals surface area (Å²) in [7, 11) is 0. The zero-order valence-electron chi connectivity index (χ0n) is 10.8. The van der Waals surface area contributed by atoms with E-state index < -0.39 is 0 Å². The normalized spacial score (nSPS) is 26.9. The number of halogens is 1. The third-order valence-corrected chi connectivity index (χ3v) is 4.08. The highest BCUT2D eigenvalue weighted by molar-refractivity contribution is 5.94. The van der Waals surface area contributed by atoms with Crippen molar-refractivity contribution in [1.82, 2.24) is 4.90 Å². The zero-order chi connectivity index (χ0) is 13.2. The van der Waals surface area contributed by atoms with Gasteiger partial charge in [-0.3, -0.25) is 4.79 Å². The van der Waals surface area contributed by atoms with E-state index in [-0.39, 0.29) is 23.9 Å². The first kappa shape index (κ1) is 12.6. The zero-order valence-corrected chi connectivity index (χ0v) is 10.8. The van der Waals surface area contributed by atoms with Gasteiger partial charge in [-0.25, -0.2) is 4.39 Å². The molecule has 102 valence electrons. The number of morpholine rings is 1. The SMILES string of the molecule is O=C(c1ccc(F)cc1)N1CCO[C@@H]2CCCC[C@H]21. The summed E-state index contributed by atoms with van der Waals surface area (Å²) in [6.45, 7) is 1.24. The fourth-order valence-electron chi connectivity index (χ4n) is 3.11. The number of carbonyl (C=O) groups excluding carboxylic acids is 1. The van der Waals surface area contributed by atoms with Gasteiger partial charge in [-0.05, 0) is 37.1 Å². The van der Waals surface area contributed by atoms with Gasteiger partial charge in [0, 0.05) is 12.1 Å². The number of ether oxygens (including phenoxy) is 1. The summed E-state index contributed by atoms with van der Waals surface area (Å²) >= 11 is 0. The van der Waals surface area contributed by atoms with Crippen molar-refractivity contribution in [2.24, 2.45) is 0 Å². The summed E-state index contributed by atoms with van der Waals surface area (Å²) in [6, 6.07) is 5.99. The molecule has 0 unspecified atom stereocenters. The van der Waals surface area contributed by atoms with E-state index in [1.807, 2.05) is 4.90 Å². The van der Waals surface area contributed by atoms with Crippen molar-refractivity contribution >= 4 is 5.91 Å². The predicted octanol–water partition coefficient (Wildman–Crippen LogP) is 2.61. The maximum Gasteiger partial charge on any atom is 0.254 e. The molecule has 2 atom stereocenters. The number of hydrogen-bond acceptors (Lipinski definition) is 2. The van der Waals surface area contributed by atoms with Crippen LogP contribution in [-0.2, 0) is 4.74 Å². The number of rotatable bonds is 1. The van der Waals surface area contributed by atoms with Gasteiger partial charge < -0.3 is 9.64 Å². The van der Waals surface area contributed by atoms with Crippen molar-refractivity contribution < 1.29 is 13.9 Å². The smallest absolute Gasteiger partial charge is 0.254 e. The van der Waals surface area contributed by atoms with Gasteiger partial charge in [0.2, 0.25) is 0 Å². The van der Waals surface area contributed by atoms with E-state index in [1.54, 1.807) is 12.1 Å². The van der Waals surface area contributed by atoms with Crippen LogP contribution in [0.5, 0.6) is 0 Å². The average Bonchev–Trinajstić information content (AvgIpc) is 2.47. The second-order valence-electron chi connectivity index (χ2n) is 5.27. The molecule has 0 bridgehead atoms. The van der Waals surface area contributed by atoms with Gasteiger partial charge >= 0.3 is 0 Å². The third-order valence-electron chi connectivity index (χ3n) is 4.08. The lowest BCUT2D eigenvalue weighted by Crippen LogP contribution is -2.54. The van der Waals surface area contributed by atoms with Crippen molar-refractivity contribution in [3.63, 3.8) is 0 Å². The lowest BCUT2D eigenvalue weighted by Gasteiger charge is -2.43. The molecule has 3 rings (SSSR count). The quantitative estimate of drug-likeness (QED) is 0.779. The van der Waals surface area contributed by atoms with Crippen LogP contribution in [0.15, 0.2) is 24.3 Å². The first-order valence-electron chi connectivity index (χ1n) is 6.94. The number of nitrogens with zero attached hydrogens (tertiary/aromatic N) is 1. The lowest BCUT2D eigenvalue weighted by molar-refractivity contribution is -0.0752. The van der Waals surface area contributed by atoms with Crippen LogP contribution in [0.2, 0.25) is 0 Å². The molecule has 0 radical (unpaired) electrons. The van der Waals surface area contributed by atoms with Crippen LogP contribution in [0.25, 0.3) is 0 Å². The lowest BCUT2D eigenvalue weighted by atomic mass is 9.89. The van der Waals surface area contributed by atoms with Crippen LogP contribution in [0.3, 0.4) is 0 Å². The van der Waals surface area contributed by atoms with E-state index in [0.29, 0.717) is 18.7 Å². The second kappa shape index (κ2) is 5.29. The maximum atomic E-state index is 12.9. The molecule has 19 heavy (non-hydrogen) atoms. The molecule has 0 aromatic heterocycles. The fourth-order valence-corrected chi connectivity index (χ4v) is 3.11. The Morgan fingerprint density at radius 2 is 1.95 bits per heavy atom. The molecule has 1 saturated carbocycles. The van der Waals surface area contributed by atoms with Crippen molar-refractivity contribution in [3.8, 4) is 0 Å².